The molecule has 3 rings (SSSR count). The van der Waals surface area contributed by atoms with Crippen molar-refractivity contribution >= 4 is 39.1 Å². The molecule has 0 spiro atoms. The third kappa shape index (κ3) is 6.74. The van der Waals surface area contributed by atoms with Gasteiger partial charge in [-0.25, -0.2) is 8.42 Å². The van der Waals surface area contributed by atoms with Crippen LogP contribution in [-0.2, 0) is 32.6 Å². The van der Waals surface area contributed by atoms with Crippen molar-refractivity contribution < 1.29 is 18.0 Å². The molecule has 7 nitrogen and oxygen atoms in total. The Morgan fingerprint density at radius 1 is 0.868 bits per heavy atom. The van der Waals surface area contributed by atoms with Gasteiger partial charge in [-0.2, -0.15) is 0 Å². The van der Waals surface area contributed by atoms with Crippen molar-refractivity contribution in [2.45, 2.75) is 51.1 Å². The fourth-order valence-electron chi connectivity index (χ4n) is 4.31. The predicted molar refractivity (Wildman–Crippen MR) is 152 cm³/mol. The van der Waals surface area contributed by atoms with E-state index in [-0.39, 0.29) is 17.3 Å². The number of sulfonamides is 1. The summed E-state index contributed by atoms with van der Waals surface area (Å²) in [7, 11) is -4.10. The van der Waals surface area contributed by atoms with Crippen molar-refractivity contribution in [3.8, 4) is 0 Å². The molecule has 0 radical (unpaired) electrons. The molecule has 1 atom stereocenters. The third-order valence-corrected chi connectivity index (χ3v) is 8.43. The molecule has 0 aromatic heterocycles. The van der Waals surface area contributed by atoms with Crippen LogP contribution in [-0.4, -0.2) is 44.3 Å². The number of likely N-dealkylation sites (N-methyl/N-ethyl adjacent to an activating group) is 1. The van der Waals surface area contributed by atoms with E-state index in [0.29, 0.717) is 35.7 Å². The van der Waals surface area contributed by atoms with E-state index in [1.54, 1.807) is 61.5 Å². The number of carbonyl (C=O) groups excluding carboxylic acids is 2. The van der Waals surface area contributed by atoms with Crippen LogP contribution in [0.25, 0.3) is 0 Å². The average molecular weight is 556 g/mol. The van der Waals surface area contributed by atoms with E-state index in [2.05, 4.69) is 5.32 Å². The van der Waals surface area contributed by atoms with Crippen LogP contribution in [0.4, 0.5) is 5.69 Å². The normalized spacial score (nSPS) is 12.0. The van der Waals surface area contributed by atoms with Crippen LogP contribution in [0.3, 0.4) is 0 Å². The SMILES string of the molecule is CCNC(=O)C(CC)N(Cc1ccccc1Cl)C(=O)CN(c1ccccc1CC)S(=O)(=O)c1ccccc1. The van der Waals surface area contributed by atoms with Crippen LogP contribution < -0.4 is 9.62 Å². The number of amides is 2. The fraction of sp³-hybridized carbons (Fsp3) is 0.310. The highest BCUT2D eigenvalue weighted by Crippen LogP contribution is 2.28. The van der Waals surface area contributed by atoms with Crippen molar-refractivity contribution in [3.63, 3.8) is 0 Å². The van der Waals surface area contributed by atoms with Crippen molar-refractivity contribution in [2.75, 3.05) is 17.4 Å². The molecule has 0 fully saturated rings. The zero-order valence-corrected chi connectivity index (χ0v) is 23.5. The molecule has 202 valence electrons. The van der Waals surface area contributed by atoms with Gasteiger partial charge in [0.1, 0.15) is 12.6 Å². The van der Waals surface area contributed by atoms with Gasteiger partial charge in [0, 0.05) is 18.1 Å². The molecule has 2 amide bonds. The minimum atomic E-state index is -4.10. The number of rotatable bonds is 12. The second-order valence-electron chi connectivity index (χ2n) is 8.74. The smallest absolute Gasteiger partial charge is 0.264 e. The number of hydrogen-bond donors (Lipinski definition) is 1. The molecule has 1 unspecified atom stereocenters. The molecule has 3 aromatic carbocycles. The van der Waals surface area contributed by atoms with Gasteiger partial charge in [-0.05, 0) is 55.2 Å². The second-order valence-corrected chi connectivity index (χ2v) is 11.0. The molecular weight excluding hydrogens is 522 g/mol. The number of carbonyl (C=O) groups is 2. The molecule has 3 aromatic rings. The molecule has 1 N–H and O–H groups in total. The van der Waals surface area contributed by atoms with Gasteiger partial charge in [0.05, 0.1) is 10.6 Å². The highest BCUT2D eigenvalue weighted by Gasteiger charge is 2.34. The molecule has 0 saturated carbocycles. The number of nitrogens with zero attached hydrogens (tertiary/aromatic N) is 2. The van der Waals surface area contributed by atoms with Crippen molar-refractivity contribution in [2.24, 2.45) is 0 Å². The fourth-order valence-corrected chi connectivity index (χ4v) is 5.98. The minimum Gasteiger partial charge on any atom is -0.355 e. The first-order valence-corrected chi connectivity index (χ1v) is 14.5. The Morgan fingerprint density at radius 2 is 1.47 bits per heavy atom. The summed E-state index contributed by atoms with van der Waals surface area (Å²) in [6, 6.07) is 21.5. The van der Waals surface area contributed by atoms with E-state index in [9.17, 15) is 18.0 Å². The number of halogens is 1. The maximum atomic E-state index is 14.0. The van der Waals surface area contributed by atoms with E-state index in [1.807, 2.05) is 26.0 Å². The first-order valence-electron chi connectivity index (χ1n) is 12.7. The molecule has 0 heterocycles. The Bertz CT molecular complexity index is 1350. The molecular formula is C29H34ClN3O4S. The zero-order chi connectivity index (χ0) is 27.7. The summed E-state index contributed by atoms with van der Waals surface area (Å²) in [5, 5.41) is 3.25. The van der Waals surface area contributed by atoms with Gasteiger partial charge < -0.3 is 10.2 Å². The Hall–Kier alpha value is -3.36. The van der Waals surface area contributed by atoms with Crippen molar-refractivity contribution in [1.29, 1.82) is 0 Å². The van der Waals surface area contributed by atoms with Gasteiger partial charge >= 0.3 is 0 Å². The van der Waals surface area contributed by atoms with Crippen molar-refractivity contribution in [1.82, 2.24) is 10.2 Å². The Labute approximate surface area is 230 Å². The predicted octanol–water partition coefficient (Wildman–Crippen LogP) is 5.04. The van der Waals surface area contributed by atoms with E-state index in [4.69, 9.17) is 11.6 Å². The average Bonchev–Trinajstić information content (AvgIpc) is 2.93. The number of aryl methyl sites for hydroxylation is 1. The van der Waals surface area contributed by atoms with E-state index < -0.39 is 28.5 Å². The van der Waals surface area contributed by atoms with E-state index in [1.165, 1.54) is 17.0 Å². The summed E-state index contributed by atoms with van der Waals surface area (Å²) in [4.78, 5) is 28.5. The molecule has 0 aliphatic heterocycles. The van der Waals surface area contributed by atoms with E-state index >= 15 is 0 Å². The summed E-state index contributed by atoms with van der Waals surface area (Å²) in [6.07, 6.45) is 0.921. The summed E-state index contributed by atoms with van der Waals surface area (Å²) in [6.45, 7) is 5.54. The summed E-state index contributed by atoms with van der Waals surface area (Å²) in [5.41, 5.74) is 1.88. The maximum Gasteiger partial charge on any atom is 0.264 e. The lowest BCUT2D eigenvalue weighted by Crippen LogP contribution is -2.52. The number of benzene rings is 3. The number of hydrogen-bond acceptors (Lipinski definition) is 4. The third-order valence-electron chi connectivity index (χ3n) is 6.29. The first kappa shape index (κ1) is 29.2. The number of para-hydroxylation sites is 1. The van der Waals surface area contributed by atoms with Crippen molar-refractivity contribution in [3.05, 3.63) is 95.0 Å². The lowest BCUT2D eigenvalue weighted by atomic mass is 10.1. The van der Waals surface area contributed by atoms with Gasteiger partial charge in [0.25, 0.3) is 10.0 Å². The quantitative estimate of drug-likeness (QED) is 0.339. The topological polar surface area (TPSA) is 86.8 Å². The summed E-state index contributed by atoms with van der Waals surface area (Å²) >= 11 is 6.41. The largest absolute Gasteiger partial charge is 0.355 e. The maximum absolute atomic E-state index is 14.0. The Morgan fingerprint density at radius 3 is 2.08 bits per heavy atom. The van der Waals surface area contributed by atoms with Gasteiger partial charge in [0.2, 0.25) is 11.8 Å². The van der Waals surface area contributed by atoms with Crippen LogP contribution in [0.1, 0.15) is 38.3 Å². The standard InChI is InChI=1S/C29H34ClN3O4S/c1-4-22-14-11-13-19-27(22)33(38(36,37)24-16-8-7-9-17-24)21-28(34)32(26(5-2)29(35)31-6-3)20-23-15-10-12-18-25(23)30/h7-19,26H,4-6,20-21H2,1-3H3,(H,31,35). The van der Waals surface area contributed by atoms with Gasteiger partial charge in [-0.3, -0.25) is 13.9 Å². The van der Waals surface area contributed by atoms with E-state index in [0.717, 1.165) is 9.87 Å². The van der Waals surface area contributed by atoms with Crippen LogP contribution in [0.5, 0.6) is 0 Å². The van der Waals surface area contributed by atoms with Crippen LogP contribution in [0.15, 0.2) is 83.8 Å². The first-order chi connectivity index (χ1) is 18.2. The van der Waals surface area contributed by atoms with Gasteiger partial charge in [-0.1, -0.05) is 80.0 Å². The lowest BCUT2D eigenvalue weighted by Gasteiger charge is -2.33. The lowest BCUT2D eigenvalue weighted by molar-refractivity contribution is -0.140. The van der Waals surface area contributed by atoms with Crippen LogP contribution >= 0.6 is 11.6 Å². The molecule has 0 bridgehead atoms. The van der Waals surface area contributed by atoms with Gasteiger partial charge in [0.15, 0.2) is 0 Å². The molecule has 0 aliphatic carbocycles. The Kier molecular flexibility index (Phi) is 10.3. The van der Waals surface area contributed by atoms with Gasteiger partial charge in [-0.15, -0.1) is 0 Å². The zero-order valence-electron chi connectivity index (χ0n) is 21.9. The molecule has 0 saturated heterocycles. The molecule has 9 heteroatoms. The Balaban J connectivity index is 2.10. The highest BCUT2D eigenvalue weighted by atomic mass is 35.5. The number of nitrogens with one attached hydrogen (secondary N) is 1. The summed E-state index contributed by atoms with van der Waals surface area (Å²) < 4.78 is 29.0. The highest BCUT2D eigenvalue weighted by molar-refractivity contribution is 7.92. The summed E-state index contributed by atoms with van der Waals surface area (Å²) in [5.74, 6) is -0.810. The number of anilines is 1. The van der Waals surface area contributed by atoms with Crippen LogP contribution in [0.2, 0.25) is 5.02 Å². The molecule has 38 heavy (non-hydrogen) atoms. The van der Waals surface area contributed by atoms with Crippen LogP contribution in [0, 0.1) is 0 Å². The monoisotopic (exact) mass is 555 g/mol. The molecule has 0 aliphatic rings. The second kappa shape index (κ2) is 13.4. The minimum absolute atomic E-state index is 0.0583.